The number of carbonyl (C=O) groups is 3. The number of carboxylic acids is 1. The van der Waals surface area contributed by atoms with Crippen LogP contribution in [0.5, 0.6) is 0 Å². The lowest BCUT2D eigenvalue weighted by Gasteiger charge is -2.34. The van der Waals surface area contributed by atoms with E-state index >= 15 is 0 Å². The zero-order chi connectivity index (χ0) is 46.3. The van der Waals surface area contributed by atoms with Crippen molar-refractivity contribution in [1.29, 1.82) is 0 Å². The second kappa shape index (κ2) is 46.8. The molecule has 0 bridgehead atoms. The molecule has 374 valence electrons. The van der Waals surface area contributed by atoms with Crippen molar-refractivity contribution >= 4 is 17.9 Å². The van der Waals surface area contributed by atoms with Gasteiger partial charge in [0.15, 0.2) is 6.10 Å². The first-order chi connectivity index (χ1) is 30.6. The van der Waals surface area contributed by atoms with Gasteiger partial charge in [-0.2, -0.15) is 0 Å². The van der Waals surface area contributed by atoms with E-state index in [0.29, 0.717) is 12.8 Å². The number of ether oxygens (including phenoxy) is 3. The molecule has 0 aliphatic rings. The van der Waals surface area contributed by atoms with Crippen LogP contribution in [0.25, 0.3) is 0 Å². The fourth-order valence-electron chi connectivity index (χ4n) is 8.72. The number of likely N-dealkylation sites (N-methyl/N-ethyl adjacent to an activating group) is 1. The van der Waals surface area contributed by atoms with Crippen LogP contribution in [0, 0.1) is 0 Å². The number of carbonyl (C=O) groups excluding carboxylic acids is 3. The van der Waals surface area contributed by atoms with E-state index in [1.54, 1.807) is 0 Å². The molecule has 0 aromatic rings. The summed E-state index contributed by atoms with van der Waals surface area (Å²) >= 11 is 0. The maximum atomic E-state index is 12.8. The summed E-state index contributed by atoms with van der Waals surface area (Å²) in [7, 11) is 5.44. The first-order valence-electron chi connectivity index (χ1n) is 27.6. The monoisotopic (exact) mass is 894 g/mol. The van der Waals surface area contributed by atoms with Gasteiger partial charge in [-0.15, -0.1) is 0 Å². The highest BCUT2D eigenvalue weighted by atomic mass is 16.6. The van der Waals surface area contributed by atoms with E-state index in [0.717, 1.165) is 38.5 Å². The molecule has 0 aromatic heterocycles. The fraction of sp³-hybridized carbons (Fsp3) is 0.945. The average molecular weight is 894 g/mol. The number of carboxylic acid groups (broad SMARTS) is 1. The number of nitrogens with zero attached hydrogens (tertiary/aromatic N) is 1. The van der Waals surface area contributed by atoms with Crippen molar-refractivity contribution in [3.05, 3.63) is 0 Å². The van der Waals surface area contributed by atoms with Gasteiger partial charge in [0.1, 0.15) is 12.6 Å². The van der Waals surface area contributed by atoms with Crippen molar-refractivity contribution in [1.82, 2.24) is 0 Å². The van der Waals surface area contributed by atoms with Crippen molar-refractivity contribution in [3.8, 4) is 0 Å². The Bertz CT molecular complexity index is 998. The number of hydrogen-bond acceptors (Lipinski definition) is 7. The summed E-state index contributed by atoms with van der Waals surface area (Å²) in [5, 5.41) is 11.7. The topological polar surface area (TPSA) is 102 Å². The van der Waals surface area contributed by atoms with Crippen LogP contribution in [-0.2, 0) is 28.6 Å². The van der Waals surface area contributed by atoms with Gasteiger partial charge in [0.2, 0.25) is 0 Å². The van der Waals surface area contributed by atoms with Gasteiger partial charge in [-0.05, 0) is 12.8 Å². The Labute approximate surface area is 391 Å². The van der Waals surface area contributed by atoms with E-state index in [-0.39, 0.29) is 42.7 Å². The van der Waals surface area contributed by atoms with Crippen molar-refractivity contribution in [2.45, 2.75) is 296 Å². The normalized spacial score (nSPS) is 12.7. The van der Waals surface area contributed by atoms with Crippen molar-refractivity contribution in [2.24, 2.45) is 0 Å². The molecular formula is C55H107NO7. The molecule has 0 saturated carbocycles. The van der Waals surface area contributed by atoms with E-state index in [9.17, 15) is 19.5 Å². The average Bonchev–Trinajstić information content (AvgIpc) is 3.24. The van der Waals surface area contributed by atoms with Crippen molar-refractivity contribution in [3.63, 3.8) is 0 Å². The first-order valence-corrected chi connectivity index (χ1v) is 27.6. The standard InChI is InChI=1S/C55H107NO7/c1-6-8-10-12-14-16-18-20-22-24-26-27-28-30-32-34-36-38-40-42-44-46-54(58)63-51(49-61-48-47-52(55(59)60)56(3,4)5)50-62-53(57)45-43-41-39-37-35-33-31-29-25-23-21-19-17-15-13-11-9-7-2/h51-52H,6-50H2,1-5H3. The second-order valence-electron chi connectivity index (χ2n) is 20.2. The van der Waals surface area contributed by atoms with E-state index < -0.39 is 18.1 Å². The van der Waals surface area contributed by atoms with Gasteiger partial charge in [-0.3, -0.25) is 9.59 Å². The molecule has 0 aliphatic carbocycles. The van der Waals surface area contributed by atoms with Crippen LogP contribution in [-0.4, -0.2) is 75.5 Å². The largest absolute Gasteiger partial charge is 0.544 e. The Hall–Kier alpha value is -1.67. The highest BCUT2D eigenvalue weighted by molar-refractivity contribution is 5.70. The van der Waals surface area contributed by atoms with Crippen LogP contribution in [0.3, 0.4) is 0 Å². The van der Waals surface area contributed by atoms with Gasteiger partial charge >= 0.3 is 11.9 Å². The lowest BCUT2D eigenvalue weighted by molar-refractivity contribution is -0.889. The van der Waals surface area contributed by atoms with Gasteiger partial charge in [-0.1, -0.05) is 251 Å². The SMILES string of the molecule is CCCCCCCCCCCCCCCCCCCCCCCC(=O)OC(COCCC(C(=O)[O-])[N+](C)(C)C)COC(=O)CCCCCCCCCCCCCCCCCCCC. The molecular weight excluding hydrogens is 787 g/mol. The Balaban J connectivity index is 4.14. The predicted octanol–water partition coefficient (Wildman–Crippen LogP) is 14.7. The number of esters is 2. The molecule has 0 rings (SSSR count). The lowest BCUT2D eigenvalue weighted by Crippen LogP contribution is -2.55. The summed E-state index contributed by atoms with van der Waals surface area (Å²) in [6, 6.07) is -0.720. The highest BCUT2D eigenvalue weighted by Gasteiger charge is 2.25. The van der Waals surface area contributed by atoms with Crippen LogP contribution in [0.15, 0.2) is 0 Å². The molecule has 8 nitrogen and oxygen atoms in total. The number of unbranched alkanes of at least 4 members (excludes halogenated alkanes) is 37. The quantitative estimate of drug-likeness (QED) is 0.0340. The molecule has 0 fully saturated rings. The zero-order valence-corrected chi connectivity index (χ0v) is 42.8. The van der Waals surface area contributed by atoms with Crippen molar-refractivity contribution in [2.75, 3.05) is 41.0 Å². The minimum Gasteiger partial charge on any atom is -0.544 e. The third-order valence-corrected chi connectivity index (χ3v) is 13.0. The number of hydrogen-bond donors (Lipinski definition) is 0. The molecule has 8 heteroatoms. The third kappa shape index (κ3) is 45.3. The molecule has 0 radical (unpaired) electrons. The summed E-state index contributed by atoms with van der Waals surface area (Å²) in [6.07, 6.45) is 51.4. The molecule has 0 spiro atoms. The second-order valence-corrected chi connectivity index (χ2v) is 20.2. The molecule has 2 unspecified atom stereocenters. The van der Waals surface area contributed by atoms with Gasteiger partial charge in [0.05, 0.1) is 40.3 Å². The fourth-order valence-corrected chi connectivity index (χ4v) is 8.72. The van der Waals surface area contributed by atoms with Crippen LogP contribution < -0.4 is 5.11 Å². The molecule has 0 amide bonds. The van der Waals surface area contributed by atoms with Gasteiger partial charge < -0.3 is 28.6 Å². The highest BCUT2D eigenvalue weighted by Crippen LogP contribution is 2.18. The summed E-state index contributed by atoms with van der Waals surface area (Å²) in [6.45, 7) is 4.74. The summed E-state index contributed by atoms with van der Waals surface area (Å²) in [5.41, 5.74) is 0. The Morgan fingerprint density at radius 1 is 0.413 bits per heavy atom. The van der Waals surface area contributed by atoms with Gasteiger partial charge in [0, 0.05) is 19.3 Å². The molecule has 63 heavy (non-hydrogen) atoms. The summed E-state index contributed by atoms with van der Waals surface area (Å²) < 4.78 is 17.3. The minimum absolute atomic E-state index is 0.0500. The third-order valence-electron chi connectivity index (χ3n) is 13.0. The summed E-state index contributed by atoms with van der Waals surface area (Å²) in [5.74, 6) is -1.70. The maximum absolute atomic E-state index is 12.8. The maximum Gasteiger partial charge on any atom is 0.306 e. The molecule has 0 aromatic carbocycles. The van der Waals surface area contributed by atoms with E-state index in [4.69, 9.17) is 14.2 Å². The molecule has 0 heterocycles. The Kier molecular flexibility index (Phi) is 45.6. The van der Waals surface area contributed by atoms with Crippen LogP contribution >= 0.6 is 0 Å². The summed E-state index contributed by atoms with van der Waals surface area (Å²) in [4.78, 5) is 37.1. The molecule has 0 saturated heterocycles. The van der Waals surface area contributed by atoms with E-state index in [1.165, 1.54) is 212 Å². The van der Waals surface area contributed by atoms with Crippen molar-refractivity contribution < 1.29 is 38.2 Å². The predicted molar refractivity (Wildman–Crippen MR) is 264 cm³/mol. The minimum atomic E-state index is -1.12. The van der Waals surface area contributed by atoms with Crippen LogP contribution in [0.2, 0.25) is 0 Å². The molecule has 0 N–H and O–H groups in total. The number of rotatable bonds is 51. The Morgan fingerprint density at radius 2 is 0.698 bits per heavy atom. The van der Waals surface area contributed by atoms with Crippen LogP contribution in [0.4, 0.5) is 0 Å². The number of aliphatic carboxylic acids is 1. The van der Waals surface area contributed by atoms with Gasteiger partial charge in [0.25, 0.3) is 0 Å². The van der Waals surface area contributed by atoms with E-state index in [1.807, 2.05) is 21.1 Å². The van der Waals surface area contributed by atoms with E-state index in [2.05, 4.69) is 13.8 Å². The smallest absolute Gasteiger partial charge is 0.306 e. The first kappa shape index (κ1) is 61.3. The Morgan fingerprint density at radius 3 is 0.984 bits per heavy atom. The lowest BCUT2D eigenvalue weighted by atomic mass is 10.0. The van der Waals surface area contributed by atoms with Crippen LogP contribution in [0.1, 0.15) is 284 Å². The zero-order valence-electron chi connectivity index (χ0n) is 42.8. The molecule has 0 aliphatic heterocycles. The molecule has 2 atom stereocenters. The van der Waals surface area contributed by atoms with Gasteiger partial charge in [-0.25, -0.2) is 0 Å². The number of quaternary nitrogens is 1.